The van der Waals surface area contributed by atoms with Crippen LogP contribution in [-0.2, 0) is 20.6 Å². The maximum Gasteiger partial charge on any atom is 0.232 e. The Hall–Kier alpha value is -1.91. The van der Waals surface area contributed by atoms with Crippen LogP contribution in [0, 0.1) is 11.3 Å². The number of hydrogen-bond acceptors (Lipinski definition) is 4. The van der Waals surface area contributed by atoms with Crippen molar-refractivity contribution in [3.05, 3.63) is 35.4 Å². The van der Waals surface area contributed by atoms with Crippen LogP contribution in [0.3, 0.4) is 0 Å². The maximum atomic E-state index is 12.3. The molecule has 2 N–H and O–H groups in total. The highest BCUT2D eigenvalue weighted by Crippen LogP contribution is 2.13. The van der Waals surface area contributed by atoms with Crippen molar-refractivity contribution in [2.24, 2.45) is 5.73 Å². The fourth-order valence-corrected chi connectivity index (χ4v) is 3.33. The first kappa shape index (κ1) is 17.1. The molecule has 0 aliphatic heterocycles. The van der Waals surface area contributed by atoms with Crippen molar-refractivity contribution >= 4 is 15.9 Å². The molecular formula is C14H19N3O3S. The Morgan fingerprint density at radius 2 is 1.95 bits per heavy atom. The van der Waals surface area contributed by atoms with Gasteiger partial charge in [0.15, 0.2) is 0 Å². The molecule has 0 spiro atoms. The molecule has 0 unspecified atom stereocenters. The van der Waals surface area contributed by atoms with Crippen LogP contribution in [0.15, 0.2) is 24.3 Å². The quantitative estimate of drug-likeness (QED) is 0.772. The summed E-state index contributed by atoms with van der Waals surface area (Å²) in [4.78, 5) is 11.0. The lowest BCUT2D eigenvalue weighted by atomic mass is 10.2. The van der Waals surface area contributed by atoms with Crippen molar-refractivity contribution in [1.29, 1.82) is 5.26 Å². The number of hydrogen-bond donors (Lipinski definition) is 1. The first-order valence-electron chi connectivity index (χ1n) is 6.64. The Morgan fingerprint density at radius 1 is 1.33 bits per heavy atom. The number of sulfonamides is 1. The van der Waals surface area contributed by atoms with E-state index in [2.05, 4.69) is 0 Å². The van der Waals surface area contributed by atoms with E-state index >= 15 is 0 Å². The van der Waals surface area contributed by atoms with E-state index < -0.39 is 15.9 Å². The molecule has 1 amide bonds. The molecule has 0 atom stereocenters. The molecule has 0 radical (unpaired) electrons. The third-order valence-electron chi connectivity index (χ3n) is 2.92. The minimum Gasteiger partial charge on any atom is -0.369 e. The molecule has 21 heavy (non-hydrogen) atoms. The highest BCUT2D eigenvalue weighted by Gasteiger charge is 2.23. The summed E-state index contributed by atoms with van der Waals surface area (Å²) in [5.74, 6) is -0.884. The number of rotatable bonds is 8. The summed E-state index contributed by atoms with van der Waals surface area (Å²) >= 11 is 0. The van der Waals surface area contributed by atoms with Crippen molar-refractivity contribution < 1.29 is 13.2 Å². The number of primary amides is 1. The van der Waals surface area contributed by atoms with Gasteiger partial charge in [-0.3, -0.25) is 4.79 Å². The second-order valence-electron chi connectivity index (χ2n) is 4.72. The largest absolute Gasteiger partial charge is 0.369 e. The predicted octanol–water partition coefficient (Wildman–Crippen LogP) is 0.975. The molecule has 6 nitrogen and oxygen atoms in total. The Morgan fingerprint density at radius 3 is 2.43 bits per heavy atom. The molecule has 1 rings (SSSR count). The number of nitrogens with zero attached hydrogens (tertiary/aromatic N) is 2. The fourth-order valence-electron chi connectivity index (χ4n) is 1.80. The minimum atomic E-state index is -3.61. The normalized spacial score (nSPS) is 11.3. The lowest BCUT2D eigenvalue weighted by molar-refractivity contribution is -0.118. The highest BCUT2D eigenvalue weighted by molar-refractivity contribution is 7.88. The molecule has 0 saturated carbocycles. The van der Waals surface area contributed by atoms with Gasteiger partial charge in [0.2, 0.25) is 15.9 Å². The molecule has 0 aliphatic rings. The Labute approximate surface area is 125 Å². The number of benzene rings is 1. The van der Waals surface area contributed by atoms with Crippen molar-refractivity contribution in [2.45, 2.75) is 25.5 Å². The van der Waals surface area contributed by atoms with Crippen LogP contribution in [0.5, 0.6) is 0 Å². The topological polar surface area (TPSA) is 104 Å². The van der Waals surface area contributed by atoms with E-state index in [1.54, 1.807) is 24.3 Å². The molecular weight excluding hydrogens is 290 g/mol. The molecule has 0 saturated heterocycles. The van der Waals surface area contributed by atoms with E-state index in [9.17, 15) is 13.2 Å². The summed E-state index contributed by atoms with van der Waals surface area (Å²) in [6.45, 7) is 1.91. The van der Waals surface area contributed by atoms with E-state index in [1.807, 2.05) is 13.0 Å². The van der Waals surface area contributed by atoms with Crippen molar-refractivity contribution in [1.82, 2.24) is 4.31 Å². The zero-order valence-corrected chi connectivity index (χ0v) is 12.8. The molecule has 7 heteroatoms. The Balaban J connectivity index is 2.88. The van der Waals surface area contributed by atoms with E-state index in [0.29, 0.717) is 17.5 Å². The summed E-state index contributed by atoms with van der Waals surface area (Å²) < 4.78 is 25.8. The third-order valence-corrected chi connectivity index (χ3v) is 4.72. The second kappa shape index (κ2) is 7.76. The molecule has 0 aromatic heterocycles. The fraction of sp³-hybridized carbons (Fsp3) is 0.429. The summed E-state index contributed by atoms with van der Waals surface area (Å²) in [5.41, 5.74) is 6.15. The molecule has 1 aromatic carbocycles. The van der Waals surface area contributed by atoms with Crippen LogP contribution in [0.1, 0.15) is 30.9 Å². The molecule has 0 bridgehead atoms. The van der Waals surface area contributed by atoms with Crippen molar-refractivity contribution in [3.8, 4) is 6.07 Å². The summed E-state index contributed by atoms with van der Waals surface area (Å²) in [6.07, 6.45) is 1.49. The van der Waals surface area contributed by atoms with Crippen LogP contribution in [0.2, 0.25) is 0 Å². The molecule has 0 aliphatic carbocycles. The second-order valence-corrected chi connectivity index (χ2v) is 6.69. The molecule has 1 aromatic rings. The number of amides is 1. The van der Waals surface area contributed by atoms with Gasteiger partial charge in [0.05, 0.1) is 23.9 Å². The molecule has 114 valence electrons. The monoisotopic (exact) mass is 309 g/mol. The van der Waals surface area contributed by atoms with Gasteiger partial charge < -0.3 is 5.73 Å². The Bertz CT molecular complexity index is 618. The van der Waals surface area contributed by atoms with Gasteiger partial charge in [-0.2, -0.15) is 9.57 Å². The minimum absolute atomic E-state index is 0.213. The van der Waals surface area contributed by atoms with E-state index in [1.165, 1.54) is 0 Å². The van der Waals surface area contributed by atoms with Crippen LogP contribution in [-0.4, -0.2) is 31.7 Å². The first-order chi connectivity index (χ1) is 9.89. The lowest BCUT2D eigenvalue weighted by Gasteiger charge is -2.20. The summed E-state index contributed by atoms with van der Waals surface area (Å²) in [6, 6.07) is 8.29. The van der Waals surface area contributed by atoms with Crippen LogP contribution >= 0.6 is 0 Å². The number of carbonyl (C=O) groups excluding carboxylic acids is 1. The van der Waals surface area contributed by atoms with Crippen LogP contribution in [0.4, 0.5) is 0 Å². The average molecular weight is 309 g/mol. The smallest absolute Gasteiger partial charge is 0.232 e. The van der Waals surface area contributed by atoms with Crippen molar-refractivity contribution in [2.75, 3.05) is 13.1 Å². The average Bonchev–Trinajstić information content (AvgIpc) is 2.43. The van der Waals surface area contributed by atoms with Crippen LogP contribution < -0.4 is 5.73 Å². The first-order valence-corrected chi connectivity index (χ1v) is 8.25. The van der Waals surface area contributed by atoms with Gasteiger partial charge in [-0.1, -0.05) is 25.5 Å². The highest BCUT2D eigenvalue weighted by atomic mass is 32.2. The van der Waals surface area contributed by atoms with Crippen LogP contribution in [0.25, 0.3) is 0 Å². The SMILES string of the molecule is CCCCN(CC(N)=O)S(=O)(=O)Cc1ccc(C#N)cc1. The lowest BCUT2D eigenvalue weighted by Crippen LogP contribution is -2.39. The van der Waals surface area contributed by atoms with E-state index in [4.69, 9.17) is 11.0 Å². The standard InChI is InChI=1S/C14H19N3O3S/c1-2-3-8-17(10-14(16)18)21(19,20)11-13-6-4-12(9-15)5-7-13/h4-7H,2-3,8,10-11H2,1H3,(H2,16,18). The molecule has 0 heterocycles. The Kier molecular flexibility index (Phi) is 6.34. The zero-order chi connectivity index (χ0) is 15.9. The van der Waals surface area contributed by atoms with Gasteiger partial charge in [0, 0.05) is 6.54 Å². The van der Waals surface area contributed by atoms with Gasteiger partial charge in [-0.05, 0) is 24.1 Å². The number of nitrogens with two attached hydrogens (primary N) is 1. The van der Waals surface area contributed by atoms with Gasteiger partial charge in [-0.15, -0.1) is 0 Å². The number of unbranched alkanes of at least 4 members (excludes halogenated alkanes) is 1. The predicted molar refractivity (Wildman–Crippen MR) is 79.5 cm³/mol. The summed E-state index contributed by atoms with van der Waals surface area (Å²) in [7, 11) is -3.61. The maximum absolute atomic E-state index is 12.3. The van der Waals surface area contributed by atoms with Gasteiger partial charge in [-0.25, -0.2) is 8.42 Å². The number of nitriles is 1. The number of carbonyl (C=O) groups is 1. The third kappa shape index (κ3) is 5.53. The summed E-state index contributed by atoms with van der Waals surface area (Å²) in [5, 5.41) is 8.72. The van der Waals surface area contributed by atoms with Gasteiger partial charge >= 0.3 is 0 Å². The zero-order valence-electron chi connectivity index (χ0n) is 11.9. The molecule has 0 fully saturated rings. The van der Waals surface area contributed by atoms with E-state index in [0.717, 1.165) is 10.7 Å². The van der Waals surface area contributed by atoms with Gasteiger partial charge in [0.1, 0.15) is 0 Å². The van der Waals surface area contributed by atoms with E-state index in [-0.39, 0.29) is 18.8 Å². The van der Waals surface area contributed by atoms with Crippen molar-refractivity contribution in [3.63, 3.8) is 0 Å². The van der Waals surface area contributed by atoms with Gasteiger partial charge in [0.25, 0.3) is 0 Å².